The number of rotatable bonds is 1. The number of hydrogen-bond donors (Lipinski definition) is 0. The van der Waals surface area contributed by atoms with Gasteiger partial charge in [-0.25, -0.2) is 0 Å². The molecule has 2 atom stereocenters. The van der Waals surface area contributed by atoms with Gasteiger partial charge in [-0.2, -0.15) is 0 Å². The molecular formula is C18H38N2. The van der Waals surface area contributed by atoms with E-state index < -0.39 is 0 Å². The second-order valence-corrected chi connectivity index (χ2v) is 8.94. The fourth-order valence-corrected chi connectivity index (χ4v) is 4.69. The fourth-order valence-electron chi connectivity index (χ4n) is 4.69. The summed E-state index contributed by atoms with van der Waals surface area (Å²) in [6.07, 6.45) is 3.69. The monoisotopic (exact) mass is 282 g/mol. The molecule has 1 aliphatic heterocycles. The number of nitrogens with zero attached hydrogens (tertiary/aromatic N) is 2. The van der Waals surface area contributed by atoms with Crippen molar-refractivity contribution in [1.82, 2.24) is 9.80 Å². The van der Waals surface area contributed by atoms with Gasteiger partial charge in [-0.15, -0.1) is 0 Å². The SMILES string of the molecule is CCC1C(C)CC(C)(C)N(C)C(C)(C)CC(C)(C)N1C. The van der Waals surface area contributed by atoms with E-state index >= 15 is 0 Å². The molecule has 0 radical (unpaired) electrons. The van der Waals surface area contributed by atoms with Crippen molar-refractivity contribution in [2.24, 2.45) is 5.92 Å². The van der Waals surface area contributed by atoms with Gasteiger partial charge in [0.2, 0.25) is 0 Å². The Bertz CT molecular complexity index is 330. The molecule has 0 bridgehead atoms. The molecule has 1 saturated heterocycles. The van der Waals surface area contributed by atoms with Crippen LogP contribution in [0.15, 0.2) is 0 Å². The third-order valence-corrected chi connectivity index (χ3v) is 6.03. The molecule has 1 rings (SSSR count). The topological polar surface area (TPSA) is 6.48 Å². The summed E-state index contributed by atoms with van der Waals surface area (Å²) in [4.78, 5) is 5.26. The van der Waals surface area contributed by atoms with Gasteiger partial charge in [0.05, 0.1) is 0 Å². The first-order valence-electron chi connectivity index (χ1n) is 8.32. The van der Waals surface area contributed by atoms with E-state index in [0.29, 0.717) is 6.04 Å². The Hall–Kier alpha value is -0.0800. The zero-order valence-corrected chi connectivity index (χ0v) is 15.7. The van der Waals surface area contributed by atoms with E-state index in [2.05, 4.69) is 79.3 Å². The highest BCUT2D eigenvalue weighted by atomic mass is 15.3. The number of hydrogen-bond acceptors (Lipinski definition) is 2. The maximum absolute atomic E-state index is 2.65. The third-order valence-electron chi connectivity index (χ3n) is 6.03. The first-order chi connectivity index (χ1) is 8.85. The van der Waals surface area contributed by atoms with Crippen molar-refractivity contribution < 1.29 is 0 Å². The first kappa shape index (κ1) is 18.0. The molecule has 120 valence electrons. The van der Waals surface area contributed by atoms with Crippen LogP contribution in [0.25, 0.3) is 0 Å². The average molecular weight is 283 g/mol. The van der Waals surface area contributed by atoms with E-state index in [1.165, 1.54) is 19.3 Å². The second kappa shape index (κ2) is 5.61. The standard InChI is InChI=1S/C18H38N2/c1-11-15-14(2)12-16(3,4)20(10)18(7,8)13-17(5,6)19(15)9/h14-15H,11-13H2,1-10H3. The van der Waals surface area contributed by atoms with Gasteiger partial charge in [-0.05, 0) is 80.8 Å². The molecule has 0 N–H and O–H groups in total. The molecule has 0 amide bonds. The van der Waals surface area contributed by atoms with Crippen molar-refractivity contribution in [3.05, 3.63) is 0 Å². The lowest BCUT2D eigenvalue weighted by atomic mass is 9.82. The molecule has 0 aromatic rings. The fraction of sp³-hybridized carbons (Fsp3) is 1.00. The van der Waals surface area contributed by atoms with Crippen molar-refractivity contribution in [2.45, 2.75) is 97.3 Å². The summed E-state index contributed by atoms with van der Waals surface area (Å²) in [5.74, 6) is 0.718. The van der Waals surface area contributed by atoms with Gasteiger partial charge in [-0.3, -0.25) is 9.80 Å². The van der Waals surface area contributed by atoms with Crippen LogP contribution in [0.4, 0.5) is 0 Å². The Labute approximate surface area is 127 Å². The molecule has 1 fully saturated rings. The summed E-state index contributed by atoms with van der Waals surface area (Å²) >= 11 is 0. The molecule has 1 heterocycles. The van der Waals surface area contributed by atoms with E-state index in [9.17, 15) is 0 Å². The molecule has 2 unspecified atom stereocenters. The average Bonchev–Trinajstić information content (AvgIpc) is 2.26. The Kier molecular flexibility index (Phi) is 5.04. The van der Waals surface area contributed by atoms with Crippen LogP contribution in [0.2, 0.25) is 0 Å². The van der Waals surface area contributed by atoms with E-state index in [1.54, 1.807) is 0 Å². The normalized spacial score (nSPS) is 35.1. The van der Waals surface area contributed by atoms with Gasteiger partial charge < -0.3 is 0 Å². The summed E-state index contributed by atoms with van der Waals surface area (Å²) in [6, 6.07) is 0.673. The van der Waals surface area contributed by atoms with Crippen LogP contribution in [0, 0.1) is 5.92 Å². The quantitative estimate of drug-likeness (QED) is 0.703. The Morgan fingerprint density at radius 3 is 1.85 bits per heavy atom. The van der Waals surface area contributed by atoms with Crippen LogP contribution < -0.4 is 0 Å². The molecule has 0 saturated carbocycles. The highest BCUT2D eigenvalue weighted by molar-refractivity contribution is 5.01. The van der Waals surface area contributed by atoms with Crippen molar-refractivity contribution in [3.8, 4) is 0 Å². The minimum absolute atomic E-state index is 0.212. The van der Waals surface area contributed by atoms with Crippen LogP contribution >= 0.6 is 0 Å². The summed E-state index contributed by atoms with van der Waals surface area (Å²) in [6.45, 7) is 19.2. The molecule has 0 aromatic carbocycles. The maximum Gasteiger partial charge on any atom is 0.0172 e. The van der Waals surface area contributed by atoms with Crippen molar-refractivity contribution in [1.29, 1.82) is 0 Å². The predicted molar refractivity (Wildman–Crippen MR) is 90.2 cm³/mol. The highest BCUT2D eigenvalue weighted by Crippen LogP contribution is 2.40. The second-order valence-electron chi connectivity index (χ2n) is 8.94. The summed E-state index contributed by atoms with van der Waals surface area (Å²) in [5, 5.41) is 0. The van der Waals surface area contributed by atoms with Crippen LogP contribution in [-0.2, 0) is 0 Å². The van der Waals surface area contributed by atoms with Crippen molar-refractivity contribution >= 4 is 0 Å². The van der Waals surface area contributed by atoms with Crippen molar-refractivity contribution in [3.63, 3.8) is 0 Å². The smallest absolute Gasteiger partial charge is 0.0172 e. The summed E-state index contributed by atoms with van der Waals surface area (Å²) < 4.78 is 0. The van der Waals surface area contributed by atoms with Gasteiger partial charge in [0.15, 0.2) is 0 Å². The Morgan fingerprint density at radius 2 is 1.40 bits per heavy atom. The summed E-state index contributed by atoms with van der Waals surface area (Å²) in [5.41, 5.74) is 0.689. The van der Waals surface area contributed by atoms with Gasteiger partial charge in [0.25, 0.3) is 0 Å². The molecule has 20 heavy (non-hydrogen) atoms. The maximum atomic E-state index is 2.65. The van der Waals surface area contributed by atoms with Crippen molar-refractivity contribution in [2.75, 3.05) is 14.1 Å². The highest BCUT2D eigenvalue weighted by Gasteiger charge is 2.44. The zero-order chi connectivity index (χ0) is 15.9. The predicted octanol–water partition coefficient (Wildman–Crippen LogP) is 4.39. The van der Waals surface area contributed by atoms with E-state index in [1.807, 2.05) is 0 Å². The minimum atomic E-state index is 0.212. The first-order valence-corrected chi connectivity index (χ1v) is 8.32. The van der Waals surface area contributed by atoms with Crippen LogP contribution in [0.1, 0.15) is 74.7 Å². The zero-order valence-electron chi connectivity index (χ0n) is 15.7. The molecule has 2 heteroatoms. The van der Waals surface area contributed by atoms with Crippen LogP contribution in [-0.4, -0.2) is 46.6 Å². The van der Waals surface area contributed by atoms with Gasteiger partial charge in [-0.1, -0.05) is 13.8 Å². The minimum Gasteiger partial charge on any atom is -0.298 e. The van der Waals surface area contributed by atoms with Crippen LogP contribution in [0.5, 0.6) is 0 Å². The largest absolute Gasteiger partial charge is 0.298 e. The lowest BCUT2D eigenvalue weighted by Gasteiger charge is -2.49. The van der Waals surface area contributed by atoms with Crippen LogP contribution in [0.3, 0.4) is 0 Å². The van der Waals surface area contributed by atoms with Gasteiger partial charge >= 0.3 is 0 Å². The molecule has 2 nitrogen and oxygen atoms in total. The molecule has 0 spiro atoms. The van der Waals surface area contributed by atoms with E-state index in [0.717, 1.165) is 5.92 Å². The van der Waals surface area contributed by atoms with Gasteiger partial charge in [0.1, 0.15) is 0 Å². The lowest BCUT2D eigenvalue weighted by molar-refractivity contribution is 0.00772. The molecule has 1 aliphatic rings. The van der Waals surface area contributed by atoms with E-state index in [4.69, 9.17) is 0 Å². The molecule has 0 aliphatic carbocycles. The third kappa shape index (κ3) is 3.39. The molecule has 0 aromatic heterocycles. The lowest BCUT2D eigenvalue weighted by Crippen LogP contribution is -2.56. The Morgan fingerprint density at radius 1 is 0.900 bits per heavy atom. The van der Waals surface area contributed by atoms with Gasteiger partial charge in [0, 0.05) is 22.7 Å². The van der Waals surface area contributed by atoms with E-state index in [-0.39, 0.29) is 16.6 Å². The molecular weight excluding hydrogens is 244 g/mol. The summed E-state index contributed by atoms with van der Waals surface area (Å²) in [7, 11) is 4.65. The Balaban J connectivity index is 3.27.